The first kappa shape index (κ1) is 14.3. The Morgan fingerprint density at radius 1 is 1.27 bits per heavy atom. The summed E-state index contributed by atoms with van der Waals surface area (Å²) < 4.78 is 1.69. The molecule has 0 fully saturated rings. The van der Waals surface area contributed by atoms with Gasteiger partial charge in [0.15, 0.2) is 0 Å². The molecule has 6 heteroatoms. The van der Waals surface area contributed by atoms with E-state index in [2.05, 4.69) is 10.4 Å². The van der Waals surface area contributed by atoms with E-state index in [0.717, 1.165) is 11.3 Å². The molecule has 0 bridgehead atoms. The molecule has 1 aliphatic heterocycles. The summed E-state index contributed by atoms with van der Waals surface area (Å²) in [6.45, 7) is 0.821. The molecule has 2 amide bonds. The van der Waals surface area contributed by atoms with Gasteiger partial charge in [0.2, 0.25) is 5.91 Å². The van der Waals surface area contributed by atoms with Gasteiger partial charge in [-0.1, -0.05) is 18.2 Å². The van der Waals surface area contributed by atoms with Crippen molar-refractivity contribution in [3.05, 3.63) is 53.3 Å². The van der Waals surface area contributed by atoms with Crippen molar-refractivity contribution in [3.63, 3.8) is 0 Å². The maximum Gasteiger partial charge on any atom is 0.254 e. The Labute approximate surface area is 128 Å². The largest absolute Gasteiger partial charge is 0.359 e. The molecule has 0 spiro atoms. The maximum absolute atomic E-state index is 12.6. The standard InChI is InChI=1S/C16H18N4O2/c1-17-15(21)13-10-20(9-12-8-19(2)18-14(12)13)16(22)11-6-4-3-5-7-11/h3-8,13H,9-10H2,1-2H3,(H,17,21)/t13-/m1/s1. The molecule has 0 aliphatic carbocycles. The first-order valence-electron chi connectivity index (χ1n) is 7.18. The number of hydrogen-bond acceptors (Lipinski definition) is 3. The van der Waals surface area contributed by atoms with Crippen molar-refractivity contribution in [1.82, 2.24) is 20.0 Å². The fourth-order valence-electron chi connectivity index (χ4n) is 2.85. The van der Waals surface area contributed by atoms with Gasteiger partial charge in [0.05, 0.1) is 11.6 Å². The molecule has 2 aromatic rings. The zero-order valence-electron chi connectivity index (χ0n) is 12.6. The summed E-state index contributed by atoms with van der Waals surface area (Å²) in [7, 11) is 3.42. The minimum absolute atomic E-state index is 0.0657. The molecule has 1 aliphatic rings. The lowest BCUT2D eigenvalue weighted by molar-refractivity contribution is -0.122. The first-order valence-corrected chi connectivity index (χ1v) is 7.18. The van der Waals surface area contributed by atoms with Crippen molar-refractivity contribution >= 4 is 11.8 Å². The van der Waals surface area contributed by atoms with Crippen LogP contribution in [0.4, 0.5) is 0 Å². The van der Waals surface area contributed by atoms with Gasteiger partial charge in [-0.05, 0) is 12.1 Å². The van der Waals surface area contributed by atoms with Crippen LogP contribution in [-0.2, 0) is 18.4 Å². The third-order valence-corrected chi connectivity index (χ3v) is 3.90. The number of fused-ring (bicyclic) bond motifs is 1. The van der Waals surface area contributed by atoms with Gasteiger partial charge in [-0.3, -0.25) is 14.3 Å². The Morgan fingerprint density at radius 2 is 2.00 bits per heavy atom. The first-order chi connectivity index (χ1) is 10.6. The van der Waals surface area contributed by atoms with Crippen LogP contribution in [-0.4, -0.2) is 40.1 Å². The molecule has 1 N–H and O–H groups in total. The van der Waals surface area contributed by atoms with E-state index in [1.807, 2.05) is 31.4 Å². The number of benzene rings is 1. The van der Waals surface area contributed by atoms with Crippen LogP contribution in [0, 0.1) is 0 Å². The molecule has 2 heterocycles. The Morgan fingerprint density at radius 3 is 2.68 bits per heavy atom. The van der Waals surface area contributed by atoms with Crippen LogP contribution in [0.3, 0.4) is 0 Å². The number of nitrogens with one attached hydrogen (secondary N) is 1. The van der Waals surface area contributed by atoms with E-state index < -0.39 is 5.92 Å². The molecule has 1 atom stereocenters. The second kappa shape index (κ2) is 5.63. The summed E-state index contributed by atoms with van der Waals surface area (Å²) in [5.41, 5.74) is 2.32. The van der Waals surface area contributed by atoms with E-state index in [1.54, 1.807) is 28.8 Å². The monoisotopic (exact) mass is 298 g/mol. The third-order valence-electron chi connectivity index (χ3n) is 3.90. The fourth-order valence-corrected chi connectivity index (χ4v) is 2.85. The Kier molecular flexibility index (Phi) is 3.66. The molecular weight excluding hydrogens is 280 g/mol. The van der Waals surface area contributed by atoms with Crippen LogP contribution in [0.25, 0.3) is 0 Å². The average molecular weight is 298 g/mol. The van der Waals surface area contributed by atoms with Crippen LogP contribution in [0.2, 0.25) is 0 Å². The van der Waals surface area contributed by atoms with Gasteiger partial charge < -0.3 is 10.2 Å². The van der Waals surface area contributed by atoms with Crippen LogP contribution < -0.4 is 5.32 Å². The minimum Gasteiger partial charge on any atom is -0.359 e. The Bertz CT molecular complexity index is 708. The van der Waals surface area contributed by atoms with Crippen LogP contribution >= 0.6 is 0 Å². The van der Waals surface area contributed by atoms with Crippen LogP contribution in [0.5, 0.6) is 0 Å². The zero-order valence-corrected chi connectivity index (χ0v) is 12.6. The van der Waals surface area contributed by atoms with Gasteiger partial charge in [0.25, 0.3) is 5.91 Å². The van der Waals surface area contributed by atoms with Crippen molar-refractivity contribution in [3.8, 4) is 0 Å². The smallest absolute Gasteiger partial charge is 0.254 e. The van der Waals surface area contributed by atoms with E-state index in [-0.39, 0.29) is 11.8 Å². The highest BCUT2D eigenvalue weighted by Gasteiger charge is 2.34. The number of carbonyl (C=O) groups is 2. The molecule has 0 unspecified atom stereocenters. The van der Waals surface area contributed by atoms with Crippen molar-refractivity contribution < 1.29 is 9.59 Å². The number of nitrogens with zero attached hydrogens (tertiary/aromatic N) is 3. The zero-order chi connectivity index (χ0) is 15.7. The number of amides is 2. The molecule has 22 heavy (non-hydrogen) atoms. The maximum atomic E-state index is 12.6. The van der Waals surface area contributed by atoms with Gasteiger partial charge in [-0.2, -0.15) is 5.10 Å². The molecule has 0 saturated heterocycles. The van der Waals surface area contributed by atoms with E-state index in [9.17, 15) is 9.59 Å². The fraction of sp³-hybridized carbons (Fsp3) is 0.312. The highest BCUT2D eigenvalue weighted by Crippen LogP contribution is 2.28. The summed E-state index contributed by atoms with van der Waals surface area (Å²) in [6, 6.07) is 9.12. The predicted molar refractivity (Wildman–Crippen MR) is 81.2 cm³/mol. The van der Waals surface area contributed by atoms with Gasteiger partial charge in [-0.25, -0.2) is 0 Å². The van der Waals surface area contributed by atoms with E-state index >= 15 is 0 Å². The summed E-state index contributed by atoms with van der Waals surface area (Å²) in [6.07, 6.45) is 1.87. The van der Waals surface area contributed by atoms with E-state index in [1.165, 1.54) is 0 Å². The molecule has 0 saturated carbocycles. The lowest BCUT2D eigenvalue weighted by Crippen LogP contribution is -2.43. The van der Waals surface area contributed by atoms with Crippen molar-refractivity contribution in [2.24, 2.45) is 7.05 Å². The lowest BCUT2D eigenvalue weighted by Gasteiger charge is -2.31. The molecule has 3 rings (SSSR count). The van der Waals surface area contributed by atoms with Crippen molar-refractivity contribution in [2.45, 2.75) is 12.5 Å². The highest BCUT2D eigenvalue weighted by molar-refractivity contribution is 5.95. The summed E-state index contributed by atoms with van der Waals surface area (Å²) in [5.74, 6) is -0.614. The number of aromatic nitrogens is 2. The van der Waals surface area contributed by atoms with Crippen molar-refractivity contribution in [1.29, 1.82) is 0 Å². The highest BCUT2D eigenvalue weighted by atomic mass is 16.2. The van der Waals surface area contributed by atoms with Gasteiger partial charge in [0.1, 0.15) is 0 Å². The molecule has 114 valence electrons. The van der Waals surface area contributed by atoms with Crippen LogP contribution in [0.1, 0.15) is 27.5 Å². The number of rotatable bonds is 2. The van der Waals surface area contributed by atoms with E-state index in [0.29, 0.717) is 18.7 Å². The molecule has 6 nitrogen and oxygen atoms in total. The van der Waals surface area contributed by atoms with Gasteiger partial charge >= 0.3 is 0 Å². The molecule has 1 aromatic heterocycles. The average Bonchev–Trinajstić information content (AvgIpc) is 2.93. The van der Waals surface area contributed by atoms with Crippen LogP contribution in [0.15, 0.2) is 36.5 Å². The summed E-state index contributed by atoms with van der Waals surface area (Å²) >= 11 is 0. The third kappa shape index (κ3) is 2.47. The molecule has 1 aromatic carbocycles. The molecule has 0 radical (unpaired) electrons. The summed E-state index contributed by atoms with van der Waals surface area (Å²) in [4.78, 5) is 26.5. The van der Waals surface area contributed by atoms with Gasteiger partial charge in [-0.15, -0.1) is 0 Å². The van der Waals surface area contributed by atoms with E-state index in [4.69, 9.17) is 0 Å². The second-order valence-corrected chi connectivity index (χ2v) is 5.43. The minimum atomic E-state index is -0.428. The Hall–Kier alpha value is -2.63. The van der Waals surface area contributed by atoms with Gasteiger partial charge in [0, 0.05) is 44.5 Å². The summed E-state index contributed by atoms with van der Waals surface area (Å²) in [5, 5.41) is 7.04. The lowest BCUT2D eigenvalue weighted by atomic mass is 9.95. The molecular formula is C16H18N4O2. The normalized spacial score (nSPS) is 17.0. The van der Waals surface area contributed by atoms with Crippen molar-refractivity contribution in [2.75, 3.05) is 13.6 Å². The number of likely N-dealkylation sites (N-methyl/N-ethyl adjacent to an activating group) is 1. The number of carbonyl (C=O) groups excluding carboxylic acids is 2. The number of aryl methyl sites for hydroxylation is 1. The predicted octanol–water partition coefficient (Wildman–Crippen LogP) is 0.906. The Balaban J connectivity index is 1.93. The number of hydrogen-bond donors (Lipinski definition) is 1. The topological polar surface area (TPSA) is 67.2 Å². The second-order valence-electron chi connectivity index (χ2n) is 5.43. The SMILES string of the molecule is CNC(=O)[C@@H]1CN(C(=O)c2ccccc2)Cc2cn(C)nc21. The quantitative estimate of drug-likeness (QED) is 0.896.